The summed E-state index contributed by atoms with van der Waals surface area (Å²) in [4.78, 5) is 23.4. The van der Waals surface area contributed by atoms with Crippen LogP contribution < -0.4 is 35.0 Å². The van der Waals surface area contributed by atoms with Crippen LogP contribution in [-0.2, 0) is 0 Å². The van der Waals surface area contributed by atoms with Gasteiger partial charge in [-0.2, -0.15) is 0 Å². The average molecular weight is 279 g/mol. The summed E-state index contributed by atoms with van der Waals surface area (Å²) in [7, 11) is 0. The molecule has 3 rings (SSSR count). The van der Waals surface area contributed by atoms with Crippen molar-refractivity contribution >= 4 is 37.5 Å². The Labute approximate surface area is 134 Å². The molecule has 0 unspecified atom stereocenters. The molecule has 0 aliphatic carbocycles. The number of benzene rings is 2. The molecule has 19 heavy (non-hydrogen) atoms. The van der Waals surface area contributed by atoms with Crippen LogP contribution in [0.3, 0.4) is 0 Å². The molecule has 0 saturated heterocycles. The van der Waals surface area contributed by atoms with Crippen molar-refractivity contribution in [3.05, 3.63) is 58.3 Å². The topological polar surface area (TPSA) is 54.4 Å². The Balaban J connectivity index is 0.00000133. The van der Waals surface area contributed by atoms with Gasteiger partial charge in [0, 0.05) is 15.5 Å². The molecule has 0 aliphatic heterocycles. The summed E-state index contributed by atoms with van der Waals surface area (Å²) >= 11 is 1.34. The fraction of sp³-hybridized carbons (Fsp3) is 0. The van der Waals surface area contributed by atoms with E-state index >= 15 is 0 Å². The van der Waals surface area contributed by atoms with Gasteiger partial charge in [-0.1, -0.05) is 18.2 Å². The van der Waals surface area contributed by atoms with E-state index in [9.17, 15) is 9.59 Å². The molecule has 0 radical (unpaired) electrons. The minimum Gasteiger partial charge on any atom is -0.478 e. The van der Waals surface area contributed by atoms with Gasteiger partial charge in [0.2, 0.25) is 0 Å². The number of carbonyl (C=O) groups is 1. The minimum absolute atomic E-state index is 0. The van der Waals surface area contributed by atoms with E-state index in [-0.39, 0.29) is 40.5 Å². The van der Waals surface area contributed by atoms with Crippen molar-refractivity contribution in [3.63, 3.8) is 0 Å². The van der Waals surface area contributed by atoms with Gasteiger partial charge in [0.05, 0.1) is 10.3 Å². The SMILES string of the molecule is O=C(O)c1cccc2c(=O)c3ccccc3sc12.[Na+]. The summed E-state index contributed by atoms with van der Waals surface area (Å²) in [6.07, 6.45) is 0. The summed E-state index contributed by atoms with van der Waals surface area (Å²) in [5.74, 6) is -1.01. The van der Waals surface area contributed by atoms with E-state index in [4.69, 9.17) is 5.11 Å². The van der Waals surface area contributed by atoms with Crippen LogP contribution in [0.4, 0.5) is 0 Å². The second-order valence-corrected chi connectivity index (χ2v) is 4.97. The predicted octanol–water partition coefficient (Wildman–Crippen LogP) is 0.117. The summed E-state index contributed by atoms with van der Waals surface area (Å²) in [5.41, 5.74) is 0.0720. The zero-order valence-corrected chi connectivity index (χ0v) is 13.0. The second-order valence-electron chi connectivity index (χ2n) is 3.91. The smallest absolute Gasteiger partial charge is 0.478 e. The average Bonchev–Trinajstić information content (AvgIpc) is 2.38. The van der Waals surface area contributed by atoms with E-state index in [1.165, 1.54) is 17.4 Å². The number of hydrogen-bond acceptors (Lipinski definition) is 3. The second kappa shape index (κ2) is 5.43. The van der Waals surface area contributed by atoms with Gasteiger partial charge in [-0.05, 0) is 24.3 Å². The van der Waals surface area contributed by atoms with Crippen LogP contribution >= 0.6 is 11.3 Å². The molecule has 5 heteroatoms. The molecule has 88 valence electrons. The number of hydrogen-bond donors (Lipinski definition) is 1. The monoisotopic (exact) mass is 279 g/mol. The first-order chi connectivity index (χ1) is 8.68. The Morgan fingerprint density at radius 3 is 2.42 bits per heavy atom. The van der Waals surface area contributed by atoms with Crippen molar-refractivity contribution in [1.29, 1.82) is 0 Å². The van der Waals surface area contributed by atoms with Crippen LogP contribution in [0.5, 0.6) is 0 Å². The Morgan fingerprint density at radius 2 is 1.68 bits per heavy atom. The fourth-order valence-corrected chi connectivity index (χ4v) is 3.17. The summed E-state index contributed by atoms with van der Waals surface area (Å²) < 4.78 is 1.34. The van der Waals surface area contributed by atoms with Gasteiger partial charge in [-0.15, -0.1) is 11.3 Å². The largest absolute Gasteiger partial charge is 1.00 e. The van der Waals surface area contributed by atoms with Gasteiger partial charge >= 0.3 is 35.5 Å². The summed E-state index contributed by atoms with van der Waals surface area (Å²) in [6, 6.07) is 12.1. The van der Waals surface area contributed by atoms with Crippen LogP contribution in [0.1, 0.15) is 10.4 Å². The Morgan fingerprint density at radius 1 is 1.00 bits per heavy atom. The van der Waals surface area contributed by atoms with Crippen molar-refractivity contribution in [2.24, 2.45) is 0 Å². The van der Waals surface area contributed by atoms with Crippen molar-refractivity contribution in [3.8, 4) is 0 Å². The molecule has 1 aromatic heterocycles. The van der Waals surface area contributed by atoms with Crippen LogP contribution in [0, 0.1) is 0 Å². The molecular weight excluding hydrogens is 271 g/mol. The van der Waals surface area contributed by atoms with Crippen LogP contribution in [0.2, 0.25) is 0 Å². The molecule has 1 N–H and O–H groups in total. The molecule has 3 aromatic rings. The molecular formula is C14H8NaO3S+. The molecule has 0 bridgehead atoms. The standard InChI is InChI=1S/C14H8O3S.Na/c15-12-8-4-1-2-7-11(8)18-13-9(12)5-3-6-10(13)14(16)17;/h1-7H,(H,16,17);/q;+1. The summed E-state index contributed by atoms with van der Waals surface area (Å²) in [6.45, 7) is 0. The van der Waals surface area contributed by atoms with Crippen molar-refractivity contribution in [2.75, 3.05) is 0 Å². The Kier molecular flexibility index (Phi) is 4.06. The Hall–Kier alpha value is -1.20. The van der Waals surface area contributed by atoms with Gasteiger partial charge in [0.1, 0.15) is 0 Å². The third-order valence-electron chi connectivity index (χ3n) is 2.83. The number of carboxylic acids is 1. The molecule has 0 fully saturated rings. The molecule has 0 atom stereocenters. The number of aromatic carboxylic acids is 1. The molecule has 2 aromatic carbocycles. The molecule has 0 aliphatic rings. The zero-order valence-electron chi connectivity index (χ0n) is 10.2. The van der Waals surface area contributed by atoms with E-state index in [0.29, 0.717) is 15.5 Å². The maximum Gasteiger partial charge on any atom is 1.00 e. The van der Waals surface area contributed by atoms with Gasteiger partial charge < -0.3 is 5.11 Å². The van der Waals surface area contributed by atoms with Gasteiger partial charge in [0.25, 0.3) is 0 Å². The maximum absolute atomic E-state index is 12.3. The van der Waals surface area contributed by atoms with Crippen LogP contribution in [0.15, 0.2) is 47.3 Å². The summed E-state index contributed by atoms with van der Waals surface area (Å²) in [5, 5.41) is 10.3. The third kappa shape index (κ3) is 2.32. The predicted molar refractivity (Wildman–Crippen MR) is 72.6 cm³/mol. The Bertz CT molecular complexity index is 839. The van der Waals surface area contributed by atoms with Crippen molar-refractivity contribution in [2.45, 2.75) is 0 Å². The van der Waals surface area contributed by atoms with Crippen molar-refractivity contribution < 1.29 is 39.5 Å². The molecule has 0 amide bonds. The van der Waals surface area contributed by atoms with E-state index < -0.39 is 5.97 Å². The third-order valence-corrected chi connectivity index (χ3v) is 4.05. The van der Waals surface area contributed by atoms with Gasteiger partial charge in [-0.3, -0.25) is 4.79 Å². The first-order valence-corrected chi connectivity index (χ1v) is 6.18. The van der Waals surface area contributed by atoms with E-state index in [0.717, 1.165) is 4.70 Å². The van der Waals surface area contributed by atoms with Crippen molar-refractivity contribution in [1.82, 2.24) is 0 Å². The van der Waals surface area contributed by atoms with Crippen LogP contribution in [-0.4, -0.2) is 11.1 Å². The van der Waals surface area contributed by atoms with Gasteiger partial charge in [-0.25, -0.2) is 4.79 Å². The molecule has 3 nitrogen and oxygen atoms in total. The maximum atomic E-state index is 12.3. The van der Waals surface area contributed by atoms with E-state index in [1.54, 1.807) is 18.2 Å². The zero-order chi connectivity index (χ0) is 12.7. The number of carboxylic acid groups (broad SMARTS) is 1. The minimum atomic E-state index is -1.01. The van der Waals surface area contributed by atoms with E-state index in [1.807, 2.05) is 18.2 Å². The number of rotatable bonds is 1. The number of fused-ring (bicyclic) bond motifs is 2. The van der Waals surface area contributed by atoms with Crippen LogP contribution in [0.25, 0.3) is 20.2 Å². The quantitative estimate of drug-likeness (QED) is 0.508. The first kappa shape index (κ1) is 14.2. The van der Waals surface area contributed by atoms with Gasteiger partial charge in [0.15, 0.2) is 5.43 Å². The molecule has 1 heterocycles. The fourth-order valence-electron chi connectivity index (χ4n) is 1.99. The first-order valence-electron chi connectivity index (χ1n) is 5.36. The molecule has 0 spiro atoms. The molecule has 0 saturated carbocycles. The van der Waals surface area contributed by atoms with E-state index in [2.05, 4.69) is 0 Å². The normalized spacial score (nSPS) is 10.3.